The molecule has 0 atom stereocenters. The number of rotatable bonds is 3. The molecule has 8 nitrogen and oxygen atoms in total. The molecule has 3 aromatic heterocycles. The van der Waals surface area contributed by atoms with Crippen molar-refractivity contribution in [2.24, 2.45) is 12.8 Å². The van der Waals surface area contributed by atoms with Gasteiger partial charge in [-0.15, -0.1) is 0 Å². The standard InChI is InChI=1S/C23H19N3.C5H6N4O/c1-3-18-14-21-11-7-10-20(13-12-17-15-24-26(2)16-17)23(21)25-22(18)19-8-5-4-6-9-19;6-4-3(5(7)10)8-1-2-9-4/h4-11,14-16H,3H2,1-2H3;1-2H,(H2,6,9)(H2,7,10). The number of anilines is 1. The van der Waals surface area contributed by atoms with Crippen LogP contribution in [-0.2, 0) is 13.5 Å². The third-order valence-corrected chi connectivity index (χ3v) is 5.36. The lowest BCUT2D eigenvalue weighted by Gasteiger charge is -2.10. The molecule has 0 unspecified atom stereocenters. The van der Waals surface area contributed by atoms with E-state index in [0.29, 0.717) is 0 Å². The Morgan fingerprint density at radius 2 is 1.81 bits per heavy atom. The Balaban J connectivity index is 0.000000256. The number of aromatic nitrogens is 5. The second-order valence-corrected chi connectivity index (χ2v) is 7.90. The van der Waals surface area contributed by atoms with Crippen molar-refractivity contribution < 1.29 is 4.79 Å². The van der Waals surface area contributed by atoms with Gasteiger partial charge in [0.2, 0.25) is 0 Å². The minimum Gasteiger partial charge on any atom is -0.382 e. The van der Waals surface area contributed by atoms with E-state index >= 15 is 0 Å². The number of pyridine rings is 1. The quantitative estimate of drug-likeness (QED) is 0.383. The molecule has 0 aliphatic heterocycles. The number of hydrogen-bond acceptors (Lipinski definition) is 6. The van der Waals surface area contributed by atoms with Crippen LogP contribution in [0.3, 0.4) is 0 Å². The first-order valence-corrected chi connectivity index (χ1v) is 11.3. The van der Waals surface area contributed by atoms with Crippen LogP contribution < -0.4 is 11.5 Å². The number of nitrogens with zero attached hydrogens (tertiary/aromatic N) is 5. The van der Waals surface area contributed by atoms with E-state index in [4.69, 9.17) is 16.5 Å². The van der Waals surface area contributed by atoms with Crippen molar-refractivity contribution >= 4 is 22.6 Å². The summed E-state index contributed by atoms with van der Waals surface area (Å²) < 4.78 is 1.76. The van der Waals surface area contributed by atoms with Crippen molar-refractivity contribution in [2.75, 3.05) is 5.73 Å². The molecule has 36 heavy (non-hydrogen) atoms. The van der Waals surface area contributed by atoms with E-state index in [1.807, 2.05) is 31.4 Å². The van der Waals surface area contributed by atoms with Crippen LogP contribution in [0.25, 0.3) is 22.2 Å². The minimum absolute atomic E-state index is 0.0162. The van der Waals surface area contributed by atoms with Gasteiger partial charge in [0.25, 0.3) is 5.91 Å². The van der Waals surface area contributed by atoms with Crippen molar-refractivity contribution in [3.63, 3.8) is 0 Å². The summed E-state index contributed by atoms with van der Waals surface area (Å²) in [6, 6.07) is 18.8. The van der Waals surface area contributed by atoms with Crippen molar-refractivity contribution in [2.45, 2.75) is 13.3 Å². The Morgan fingerprint density at radius 3 is 2.44 bits per heavy atom. The van der Waals surface area contributed by atoms with Crippen LogP contribution in [0.5, 0.6) is 0 Å². The highest BCUT2D eigenvalue weighted by Gasteiger charge is 2.10. The summed E-state index contributed by atoms with van der Waals surface area (Å²) in [7, 11) is 1.89. The molecule has 2 aromatic carbocycles. The van der Waals surface area contributed by atoms with E-state index in [-0.39, 0.29) is 11.5 Å². The topological polar surface area (TPSA) is 126 Å². The molecule has 5 aromatic rings. The molecule has 0 radical (unpaired) electrons. The van der Waals surface area contributed by atoms with Crippen LogP contribution in [0.2, 0.25) is 0 Å². The first-order valence-electron chi connectivity index (χ1n) is 11.3. The third-order valence-electron chi connectivity index (χ3n) is 5.36. The summed E-state index contributed by atoms with van der Waals surface area (Å²) in [5, 5.41) is 5.29. The van der Waals surface area contributed by atoms with Crippen molar-refractivity contribution in [1.29, 1.82) is 0 Å². The number of fused-ring (bicyclic) bond motifs is 1. The summed E-state index contributed by atoms with van der Waals surface area (Å²) in [5.41, 5.74) is 16.4. The van der Waals surface area contributed by atoms with E-state index < -0.39 is 5.91 Å². The van der Waals surface area contributed by atoms with Crippen LogP contribution in [0.15, 0.2) is 79.4 Å². The van der Waals surface area contributed by atoms with E-state index in [0.717, 1.165) is 39.7 Å². The van der Waals surface area contributed by atoms with E-state index in [2.05, 4.69) is 70.2 Å². The average Bonchev–Trinajstić information content (AvgIpc) is 3.32. The van der Waals surface area contributed by atoms with Crippen LogP contribution in [0.4, 0.5) is 5.82 Å². The zero-order chi connectivity index (χ0) is 25.5. The number of para-hydroxylation sites is 1. The van der Waals surface area contributed by atoms with Gasteiger partial charge in [0, 0.05) is 36.6 Å². The second kappa shape index (κ2) is 10.9. The fourth-order valence-electron chi connectivity index (χ4n) is 3.62. The van der Waals surface area contributed by atoms with Gasteiger partial charge in [0.15, 0.2) is 11.5 Å². The van der Waals surface area contributed by atoms with E-state index in [9.17, 15) is 4.79 Å². The van der Waals surface area contributed by atoms with Crippen LogP contribution >= 0.6 is 0 Å². The van der Waals surface area contributed by atoms with Crippen molar-refractivity contribution in [1.82, 2.24) is 24.7 Å². The Morgan fingerprint density at radius 1 is 1.03 bits per heavy atom. The van der Waals surface area contributed by atoms with Crippen LogP contribution in [-0.4, -0.2) is 30.6 Å². The van der Waals surface area contributed by atoms with E-state index in [1.54, 1.807) is 10.9 Å². The minimum atomic E-state index is -0.661. The number of aryl methyl sites for hydroxylation is 2. The van der Waals surface area contributed by atoms with Gasteiger partial charge in [-0.1, -0.05) is 61.2 Å². The largest absolute Gasteiger partial charge is 0.382 e. The maximum atomic E-state index is 10.5. The number of carbonyl (C=O) groups is 1. The van der Waals surface area contributed by atoms with Crippen molar-refractivity contribution in [3.05, 3.63) is 102 Å². The first kappa shape index (κ1) is 24.1. The van der Waals surface area contributed by atoms with Gasteiger partial charge in [0.05, 0.1) is 28.5 Å². The fourth-order valence-corrected chi connectivity index (χ4v) is 3.62. The molecule has 0 saturated carbocycles. The molecule has 0 bridgehead atoms. The molecule has 3 heterocycles. The van der Waals surface area contributed by atoms with Gasteiger partial charge >= 0.3 is 0 Å². The molecule has 1 amide bonds. The Labute approximate surface area is 209 Å². The normalized spacial score (nSPS) is 10.2. The highest BCUT2D eigenvalue weighted by molar-refractivity contribution is 5.94. The summed E-state index contributed by atoms with van der Waals surface area (Å²) in [6.45, 7) is 2.17. The number of amides is 1. The number of hydrogen-bond donors (Lipinski definition) is 2. The Kier molecular flexibility index (Phi) is 7.32. The average molecular weight is 476 g/mol. The highest BCUT2D eigenvalue weighted by Crippen LogP contribution is 2.27. The predicted molar refractivity (Wildman–Crippen MR) is 141 cm³/mol. The maximum absolute atomic E-state index is 10.5. The van der Waals surface area contributed by atoms with Gasteiger partial charge in [-0.05, 0) is 24.1 Å². The molecule has 0 aliphatic rings. The maximum Gasteiger partial charge on any atom is 0.271 e. The molecule has 178 valence electrons. The fraction of sp³-hybridized carbons (Fsp3) is 0.107. The number of nitrogens with two attached hydrogens (primary N) is 2. The summed E-state index contributed by atoms with van der Waals surface area (Å²) in [4.78, 5) is 22.7. The predicted octanol–water partition coefficient (Wildman–Crippen LogP) is 3.76. The van der Waals surface area contributed by atoms with Gasteiger partial charge in [-0.2, -0.15) is 5.10 Å². The van der Waals surface area contributed by atoms with Crippen LogP contribution in [0, 0.1) is 11.8 Å². The molecule has 8 heteroatoms. The number of carbonyl (C=O) groups excluding carboxylic acids is 1. The monoisotopic (exact) mass is 475 g/mol. The molecule has 0 fully saturated rings. The SMILES string of the molecule is CCc1cc2cccc(C#Cc3cnn(C)c3)c2nc1-c1ccccc1.NC(=O)c1nccnc1N. The number of benzene rings is 2. The zero-order valence-electron chi connectivity index (χ0n) is 20.0. The zero-order valence-corrected chi connectivity index (χ0v) is 20.0. The number of primary amides is 1. The second-order valence-electron chi connectivity index (χ2n) is 7.90. The summed E-state index contributed by atoms with van der Waals surface area (Å²) in [5.74, 6) is 5.86. The molecule has 0 aliphatic carbocycles. The summed E-state index contributed by atoms with van der Waals surface area (Å²) in [6.07, 6.45) is 7.38. The highest BCUT2D eigenvalue weighted by atomic mass is 16.1. The van der Waals surface area contributed by atoms with Gasteiger partial charge in [0.1, 0.15) is 0 Å². The Bertz CT molecular complexity index is 1580. The lowest BCUT2D eigenvalue weighted by molar-refractivity contribution is 0.0996. The third kappa shape index (κ3) is 5.54. The molecule has 0 saturated heterocycles. The van der Waals surface area contributed by atoms with Gasteiger partial charge < -0.3 is 11.5 Å². The smallest absolute Gasteiger partial charge is 0.271 e. The summed E-state index contributed by atoms with van der Waals surface area (Å²) >= 11 is 0. The molecule has 5 rings (SSSR count). The molecule has 0 spiro atoms. The first-order chi connectivity index (χ1) is 17.5. The van der Waals surface area contributed by atoms with Gasteiger partial charge in [-0.25, -0.2) is 15.0 Å². The molecular formula is C28H25N7O. The molecule has 4 N–H and O–H groups in total. The number of nitrogen functional groups attached to an aromatic ring is 1. The van der Waals surface area contributed by atoms with Gasteiger partial charge in [-0.3, -0.25) is 9.48 Å². The van der Waals surface area contributed by atoms with E-state index in [1.165, 1.54) is 18.0 Å². The lowest BCUT2D eigenvalue weighted by atomic mass is 10.00. The van der Waals surface area contributed by atoms with Crippen LogP contribution in [0.1, 0.15) is 34.1 Å². The van der Waals surface area contributed by atoms with Crippen molar-refractivity contribution in [3.8, 4) is 23.1 Å². The lowest BCUT2D eigenvalue weighted by Crippen LogP contribution is -2.16. The Hall–Kier alpha value is -5.03. The molecular weight excluding hydrogens is 450 g/mol.